The van der Waals surface area contributed by atoms with E-state index < -0.39 is 10.8 Å². The Balaban J connectivity index is 2.49. The van der Waals surface area contributed by atoms with E-state index in [0.29, 0.717) is 0 Å². The third-order valence-corrected chi connectivity index (χ3v) is 6.29. The molecule has 0 N–H and O–H groups in total. The zero-order valence-electron chi connectivity index (χ0n) is 10.1. The maximum absolute atomic E-state index is 9.32. The minimum absolute atomic E-state index is 0.219. The van der Waals surface area contributed by atoms with E-state index in [4.69, 9.17) is 0 Å². The van der Waals surface area contributed by atoms with Crippen molar-refractivity contribution in [3.63, 3.8) is 0 Å². The number of hydrogen-bond donors (Lipinski definition) is 0. The topological polar surface area (TPSA) is 95.2 Å². The van der Waals surface area contributed by atoms with Gasteiger partial charge in [-0.1, -0.05) is 0 Å². The molecular weight excluding hydrogens is 276 g/mol. The monoisotopic (exact) mass is 286 g/mol. The predicted molar refractivity (Wildman–Crippen MR) is 73.1 cm³/mol. The van der Waals surface area contributed by atoms with Gasteiger partial charge in [-0.3, -0.25) is 0 Å². The molecule has 0 aromatic carbocycles. The van der Waals surface area contributed by atoms with Crippen molar-refractivity contribution in [3.05, 3.63) is 9.81 Å². The molecule has 4 nitrogen and oxygen atoms in total. The standard InChI is InChI=1S/C13H10N4S2/c14-6-12(7-15)4-10(5-13(12,8-16)9-17)11-18-2-1-3-19-11/h1-5H2. The average Bonchev–Trinajstić information content (AvgIpc) is 2.83. The van der Waals surface area contributed by atoms with Crippen LogP contribution in [0.5, 0.6) is 0 Å². The van der Waals surface area contributed by atoms with Crippen molar-refractivity contribution < 1.29 is 0 Å². The van der Waals surface area contributed by atoms with Crippen LogP contribution in [0.2, 0.25) is 0 Å². The van der Waals surface area contributed by atoms with Gasteiger partial charge in [0, 0.05) is 17.1 Å². The number of nitriles is 4. The molecule has 0 atom stereocenters. The number of hydrogen-bond acceptors (Lipinski definition) is 6. The van der Waals surface area contributed by atoms with Gasteiger partial charge in [0.15, 0.2) is 10.8 Å². The second-order valence-corrected chi connectivity index (χ2v) is 7.02. The molecule has 1 aliphatic carbocycles. The van der Waals surface area contributed by atoms with E-state index in [1.54, 1.807) is 23.5 Å². The normalized spacial score (nSPS) is 23.8. The van der Waals surface area contributed by atoms with Gasteiger partial charge in [-0.2, -0.15) is 21.0 Å². The molecule has 0 aromatic rings. The van der Waals surface area contributed by atoms with Crippen LogP contribution in [-0.4, -0.2) is 11.5 Å². The Bertz CT molecular complexity index is 516. The lowest BCUT2D eigenvalue weighted by Crippen LogP contribution is -2.32. The van der Waals surface area contributed by atoms with E-state index in [1.165, 1.54) is 0 Å². The van der Waals surface area contributed by atoms with Gasteiger partial charge in [0.2, 0.25) is 0 Å². The minimum atomic E-state index is -1.53. The molecular formula is C13H10N4S2. The molecule has 1 saturated heterocycles. The quantitative estimate of drug-likeness (QED) is 0.679. The molecule has 2 aliphatic rings. The summed E-state index contributed by atoms with van der Waals surface area (Å²) in [7, 11) is 0. The largest absolute Gasteiger partial charge is 0.196 e. The molecule has 0 radical (unpaired) electrons. The molecule has 6 heteroatoms. The summed E-state index contributed by atoms with van der Waals surface area (Å²) in [5, 5.41) is 37.3. The van der Waals surface area contributed by atoms with Crippen molar-refractivity contribution in [2.75, 3.05) is 11.5 Å². The van der Waals surface area contributed by atoms with Crippen LogP contribution in [0.4, 0.5) is 0 Å². The number of allylic oxidation sites excluding steroid dienone is 1. The van der Waals surface area contributed by atoms with Crippen molar-refractivity contribution in [1.29, 1.82) is 21.0 Å². The third-order valence-electron chi connectivity index (χ3n) is 3.49. The lowest BCUT2D eigenvalue weighted by Gasteiger charge is -2.21. The summed E-state index contributed by atoms with van der Waals surface area (Å²) in [6, 6.07) is 7.72. The Labute approximate surface area is 120 Å². The highest BCUT2D eigenvalue weighted by atomic mass is 32.2. The lowest BCUT2D eigenvalue weighted by atomic mass is 9.69. The second-order valence-electron chi connectivity index (χ2n) is 4.55. The Morgan fingerprint density at radius 1 is 0.789 bits per heavy atom. The molecule has 0 aromatic heterocycles. The number of thioether (sulfide) groups is 2. The van der Waals surface area contributed by atoms with E-state index >= 15 is 0 Å². The minimum Gasteiger partial charge on any atom is -0.196 e. The summed E-state index contributed by atoms with van der Waals surface area (Å²) in [4.78, 5) is 0. The first-order valence-corrected chi connectivity index (χ1v) is 7.77. The molecule has 94 valence electrons. The molecule has 1 heterocycles. The Morgan fingerprint density at radius 2 is 1.21 bits per heavy atom. The lowest BCUT2D eigenvalue weighted by molar-refractivity contribution is 0.359. The fourth-order valence-electron chi connectivity index (χ4n) is 2.37. The summed E-state index contributed by atoms with van der Waals surface area (Å²) in [5.41, 5.74) is -2.13. The van der Waals surface area contributed by atoms with E-state index in [1.807, 2.05) is 24.3 Å². The van der Waals surface area contributed by atoms with Gasteiger partial charge in [0.05, 0.1) is 24.3 Å². The van der Waals surface area contributed by atoms with Crippen LogP contribution in [0, 0.1) is 56.2 Å². The average molecular weight is 286 g/mol. The fraction of sp³-hybridized carbons (Fsp3) is 0.538. The maximum Gasteiger partial charge on any atom is 0.179 e. The van der Waals surface area contributed by atoms with Crippen LogP contribution >= 0.6 is 23.5 Å². The fourth-order valence-corrected chi connectivity index (χ4v) is 5.03. The molecule has 0 spiro atoms. The van der Waals surface area contributed by atoms with Gasteiger partial charge in [-0.15, -0.1) is 23.5 Å². The molecule has 1 saturated carbocycles. The molecule has 2 rings (SSSR count). The third kappa shape index (κ3) is 1.98. The molecule has 19 heavy (non-hydrogen) atoms. The first-order chi connectivity index (χ1) is 9.17. The highest BCUT2D eigenvalue weighted by Gasteiger charge is 2.60. The Morgan fingerprint density at radius 3 is 1.58 bits per heavy atom. The Kier molecular flexibility index (Phi) is 3.77. The number of rotatable bonds is 0. The van der Waals surface area contributed by atoms with Gasteiger partial charge in [0.1, 0.15) is 0 Å². The summed E-state index contributed by atoms with van der Waals surface area (Å²) in [6.07, 6.45) is 1.57. The van der Waals surface area contributed by atoms with Crippen molar-refractivity contribution in [1.82, 2.24) is 0 Å². The SMILES string of the molecule is N#CC1(C#N)CC(=C2SCCCS2)CC1(C#N)C#N. The maximum atomic E-state index is 9.32. The van der Waals surface area contributed by atoms with Crippen LogP contribution in [0.15, 0.2) is 9.81 Å². The smallest absolute Gasteiger partial charge is 0.179 e. The predicted octanol–water partition coefficient (Wildman–Crippen LogP) is 2.93. The van der Waals surface area contributed by atoms with Crippen molar-refractivity contribution in [2.45, 2.75) is 19.3 Å². The molecule has 0 bridgehead atoms. The van der Waals surface area contributed by atoms with Gasteiger partial charge >= 0.3 is 0 Å². The second kappa shape index (κ2) is 5.18. The van der Waals surface area contributed by atoms with Crippen LogP contribution in [0.3, 0.4) is 0 Å². The van der Waals surface area contributed by atoms with E-state index in [-0.39, 0.29) is 12.8 Å². The van der Waals surface area contributed by atoms with Crippen LogP contribution in [-0.2, 0) is 0 Å². The van der Waals surface area contributed by atoms with Gasteiger partial charge in [-0.05, 0) is 23.5 Å². The summed E-state index contributed by atoms with van der Waals surface area (Å²) >= 11 is 3.42. The molecule has 1 aliphatic heterocycles. The molecule has 0 amide bonds. The summed E-state index contributed by atoms with van der Waals surface area (Å²) < 4.78 is 1.11. The first-order valence-electron chi connectivity index (χ1n) is 5.79. The molecule has 2 fully saturated rings. The zero-order valence-corrected chi connectivity index (χ0v) is 11.8. The van der Waals surface area contributed by atoms with Gasteiger partial charge in [0.25, 0.3) is 0 Å². The van der Waals surface area contributed by atoms with Crippen LogP contribution in [0.25, 0.3) is 0 Å². The van der Waals surface area contributed by atoms with E-state index in [0.717, 1.165) is 27.7 Å². The zero-order chi connectivity index (χ0) is 13.9. The van der Waals surface area contributed by atoms with Crippen LogP contribution < -0.4 is 0 Å². The van der Waals surface area contributed by atoms with Crippen molar-refractivity contribution in [3.8, 4) is 24.3 Å². The Hall–Kier alpha value is -1.60. The van der Waals surface area contributed by atoms with Crippen molar-refractivity contribution >= 4 is 23.5 Å². The highest BCUT2D eigenvalue weighted by Crippen LogP contribution is 2.57. The molecule has 0 unspecified atom stereocenters. The van der Waals surface area contributed by atoms with E-state index in [2.05, 4.69) is 0 Å². The van der Waals surface area contributed by atoms with E-state index in [9.17, 15) is 21.0 Å². The van der Waals surface area contributed by atoms with Gasteiger partial charge in [-0.25, -0.2) is 0 Å². The van der Waals surface area contributed by atoms with Crippen LogP contribution in [0.1, 0.15) is 19.3 Å². The first kappa shape index (κ1) is 13.8. The van der Waals surface area contributed by atoms with Gasteiger partial charge < -0.3 is 0 Å². The highest BCUT2D eigenvalue weighted by molar-refractivity contribution is 8.22. The summed E-state index contributed by atoms with van der Waals surface area (Å²) in [5.74, 6) is 2.04. The summed E-state index contributed by atoms with van der Waals surface area (Å²) in [6.45, 7) is 0. The van der Waals surface area contributed by atoms with Crippen molar-refractivity contribution in [2.24, 2.45) is 10.8 Å². The number of nitrogens with zero attached hydrogens (tertiary/aromatic N) is 4.